The Morgan fingerprint density at radius 1 is 0.885 bits per heavy atom. The summed E-state index contributed by atoms with van der Waals surface area (Å²) in [4.78, 5) is 55.0. The van der Waals surface area contributed by atoms with Crippen molar-refractivity contribution in [1.82, 2.24) is 24.8 Å². The molecular formula is C37H35ClF3N7O4. The number of anilines is 3. The molecule has 3 aromatic carbocycles. The third kappa shape index (κ3) is 8.12. The molecule has 1 saturated carbocycles. The molecule has 2 saturated heterocycles. The molecule has 3 heterocycles. The number of alkyl halides is 3. The van der Waals surface area contributed by atoms with E-state index in [4.69, 9.17) is 16.3 Å². The molecule has 3 amide bonds. The lowest BCUT2D eigenvalue weighted by atomic mass is 9.92. The number of hydrogen-bond donors (Lipinski definition) is 2. The fourth-order valence-corrected chi connectivity index (χ4v) is 7.08. The van der Waals surface area contributed by atoms with Crippen LogP contribution in [0.5, 0.6) is 6.01 Å². The van der Waals surface area contributed by atoms with E-state index in [9.17, 15) is 27.6 Å². The maximum Gasteiger partial charge on any atom is 0.422 e. The summed E-state index contributed by atoms with van der Waals surface area (Å²) in [5.74, 6) is -1.04. The molecule has 2 atom stereocenters. The quantitative estimate of drug-likeness (QED) is 0.202. The van der Waals surface area contributed by atoms with Gasteiger partial charge in [-0.25, -0.2) is 0 Å². The standard InChI is InChI=1S/C37H35ClF3N7O4/c1-22-3-2-4-29(15-22)42-31(49)33(51)48-19-24-17-47(18-25(24)20-48)32(50)23-5-11-28(12-6-23)43-34-44-30(45-35(46-34)52-21-37(39,40)41)16-36(13-14-36)26-7-9-27(38)10-8-26/h2-12,15,24-25H,13-14,16-21H2,1H3,(H,42,49)(H,43,44,45,46). The number of amides is 3. The third-order valence-electron chi connectivity index (χ3n) is 9.75. The SMILES string of the molecule is Cc1cccc(NC(=O)C(=O)N2CC3CN(C(=O)c4ccc(Nc5nc(CC6(c7ccc(Cl)cc7)CC6)nc(OCC(F)(F)F)n5)cc4)CC3C2)c1. The molecule has 3 fully saturated rings. The van der Waals surface area contributed by atoms with E-state index in [2.05, 4.69) is 25.6 Å². The van der Waals surface area contributed by atoms with Crippen molar-refractivity contribution in [2.45, 2.75) is 37.8 Å². The van der Waals surface area contributed by atoms with Crippen LogP contribution in [-0.2, 0) is 21.4 Å². The van der Waals surface area contributed by atoms with Crippen molar-refractivity contribution in [2.24, 2.45) is 11.8 Å². The molecule has 270 valence electrons. The zero-order valence-corrected chi connectivity index (χ0v) is 28.9. The van der Waals surface area contributed by atoms with Crippen LogP contribution in [0.4, 0.5) is 30.5 Å². The summed E-state index contributed by atoms with van der Waals surface area (Å²) in [7, 11) is 0. The number of halogens is 4. The van der Waals surface area contributed by atoms with E-state index in [1.165, 1.54) is 0 Å². The van der Waals surface area contributed by atoms with Crippen LogP contribution in [0.2, 0.25) is 5.02 Å². The predicted octanol–water partition coefficient (Wildman–Crippen LogP) is 5.96. The molecule has 52 heavy (non-hydrogen) atoms. The van der Waals surface area contributed by atoms with Gasteiger partial charge in [-0.2, -0.15) is 28.1 Å². The molecule has 7 rings (SSSR count). The van der Waals surface area contributed by atoms with E-state index in [-0.39, 0.29) is 34.9 Å². The number of rotatable bonds is 9. The number of aryl methyl sites for hydroxylation is 1. The van der Waals surface area contributed by atoms with E-state index in [1.54, 1.807) is 64.4 Å². The summed E-state index contributed by atoms with van der Waals surface area (Å²) in [6.45, 7) is 2.04. The number of fused-ring (bicyclic) bond motifs is 1. The molecular weight excluding hydrogens is 699 g/mol. The second kappa shape index (κ2) is 14.1. The van der Waals surface area contributed by atoms with E-state index < -0.39 is 30.6 Å². The monoisotopic (exact) mass is 733 g/mol. The number of nitrogens with zero attached hydrogens (tertiary/aromatic N) is 5. The lowest BCUT2D eigenvalue weighted by molar-refractivity contribution is -0.154. The lowest BCUT2D eigenvalue weighted by Crippen LogP contribution is -2.40. The van der Waals surface area contributed by atoms with Gasteiger partial charge in [0, 0.05) is 71.8 Å². The Hall–Kier alpha value is -5.24. The first-order valence-corrected chi connectivity index (χ1v) is 17.2. The number of likely N-dealkylation sites (tertiary alicyclic amines) is 2. The van der Waals surface area contributed by atoms with E-state index >= 15 is 0 Å². The largest absolute Gasteiger partial charge is 0.454 e. The Balaban J connectivity index is 0.973. The van der Waals surface area contributed by atoms with Crippen molar-refractivity contribution in [3.8, 4) is 6.01 Å². The van der Waals surface area contributed by atoms with Crippen LogP contribution < -0.4 is 15.4 Å². The maximum absolute atomic E-state index is 13.4. The van der Waals surface area contributed by atoms with Crippen molar-refractivity contribution in [1.29, 1.82) is 0 Å². The molecule has 2 unspecified atom stereocenters. The number of nitrogens with one attached hydrogen (secondary N) is 2. The average molecular weight is 734 g/mol. The van der Waals surface area contributed by atoms with Gasteiger partial charge < -0.3 is 25.2 Å². The van der Waals surface area contributed by atoms with Crippen molar-refractivity contribution in [3.05, 3.63) is 100 Å². The zero-order chi connectivity index (χ0) is 36.6. The molecule has 1 aliphatic carbocycles. The molecule has 2 N–H and O–H groups in total. The summed E-state index contributed by atoms with van der Waals surface area (Å²) in [6, 6.07) is 20.8. The van der Waals surface area contributed by atoms with Gasteiger partial charge in [0.15, 0.2) is 6.61 Å². The van der Waals surface area contributed by atoms with Crippen molar-refractivity contribution in [2.75, 3.05) is 43.4 Å². The van der Waals surface area contributed by atoms with Gasteiger partial charge >= 0.3 is 24.0 Å². The lowest BCUT2D eigenvalue weighted by Gasteiger charge is -2.22. The Bertz CT molecular complexity index is 1980. The Morgan fingerprint density at radius 3 is 2.19 bits per heavy atom. The minimum atomic E-state index is -4.58. The van der Waals surface area contributed by atoms with Gasteiger partial charge in [-0.05, 0) is 79.4 Å². The summed E-state index contributed by atoms with van der Waals surface area (Å²) in [5, 5.41) is 6.28. The first kappa shape index (κ1) is 35.2. The number of carbonyl (C=O) groups excluding carboxylic acids is 3. The summed E-state index contributed by atoms with van der Waals surface area (Å²) < 4.78 is 43.8. The second-order valence-electron chi connectivity index (χ2n) is 13.7. The molecule has 1 aromatic heterocycles. The number of carbonyl (C=O) groups is 3. The summed E-state index contributed by atoms with van der Waals surface area (Å²) >= 11 is 6.06. The number of hydrogen-bond acceptors (Lipinski definition) is 8. The molecule has 11 nitrogen and oxygen atoms in total. The first-order chi connectivity index (χ1) is 24.8. The molecule has 4 aromatic rings. The predicted molar refractivity (Wildman–Crippen MR) is 186 cm³/mol. The van der Waals surface area contributed by atoms with Gasteiger partial charge in [-0.3, -0.25) is 14.4 Å². The summed E-state index contributed by atoms with van der Waals surface area (Å²) in [6.07, 6.45) is -2.49. The molecule has 0 radical (unpaired) electrons. The average Bonchev–Trinajstić information content (AvgIpc) is 3.60. The van der Waals surface area contributed by atoms with E-state index in [0.717, 1.165) is 24.0 Å². The number of aromatic nitrogens is 3. The Morgan fingerprint density at radius 2 is 1.56 bits per heavy atom. The number of benzene rings is 3. The highest BCUT2D eigenvalue weighted by atomic mass is 35.5. The van der Waals surface area contributed by atoms with E-state index in [0.29, 0.717) is 54.6 Å². The third-order valence-corrected chi connectivity index (χ3v) is 10.0. The van der Waals surface area contributed by atoms with Crippen molar-refractivity contribution < 1.29 is 32.3 Å². The maximum atomic E-state index is 13.4. The van der Waals surface area contributed by atoms with Crippen LogP contribution in [0, 0.1) is 18.8 Å². The Labute approximate surface area is 302 Å². The van der Waals surface area contributed by atoms with Gasteiger partial charge in [0.05, 0.1) is 0 Å². The van der Waals surface area contributed by atoms with Crippen LogP contribution >= 0.6 is 11.6 Å². The number of ether oxygens (including phenoxy) is 1. The van der Waals surface area contributed by atoms with Crippen LogP contribution in [0.25, 0.3) is 0 Å². The minimum absolute atomic E-state index is 0.00666. The van der Waals surface area contributed by atoms with Crippen molar-refractivity contribution in [3.63, 3.8) is 0 Å². The second-order valence-corrected chi connectivity index (χ2v) is 14.1. The molecule has 2 aliphatic heterocycles. The Kier molecular flexibility index (Phi) is 9.51. The molecule has 0 spiro atoms. The van der Waals surface area contributed by atoms with Gasteiger partial charge in [0.1, 0.15) is 5.82 Å². The van der Waals surface area contributed by atoms with Gasteiger partial charge in [0.25, 0.3) is 5.91 Å². The van der Waals surface area contributed by atoms with E-state index in [1.807, 2.05) is 25.1 Å². The van der Waals surface area contributed by atoms with Gasteiger partial charge in [0.2, 0.25) is 5.95 Å². The molecule has 3 aliphatic rings. The molecule has 15 heteroatoms. The minimum Gasteiger partial charge on any atom is -0.454 e. The molecule has 0 bridgehead atoms. The normalized spacial score (nSPS) is 18.9. The fourth-order valence-electron chi connectivity index (χ4n) is 6.95. The summed E-state index contributed by atoms with van der Waals surface area (Å²) in [5.41, 5.74) is 3.26. The zero-order valence-electron chi connectivity index (χ0n) is 28.1. The van der Waals surface area contributed by atoms with Crippen LogP contribution in [0.1, 0.15) is 40.2 Å². The fraction of sp³-hybridized carbons (Fsp3) is 0.351. The van der Waals surface area contributed by atoms with Crippen LogP contribution in [-0.4, -0.2) is 81.4 Å². The van der Waals surface area contributed by atoms with Gasteiger partial charge in [-0.1, -0.05) is 35.9 Å². The van der Waals surface area contributed by atoms with Crippen molar-refractivity contribution >= 4 is 46.6 Å². The highest BCUT2D eigenvalue weighted by Crippen LogP contribution is 2.50. The topological polar surface area (TPSA) is 130 Å². The van der Waals surface area contributed by atoms with Crippen LogP contribution in [0.3, 0.4) is 0 Å². The first-order valence-electron chi connectivity index (χ1n) is 16.9. The smallest absolute Gasteiger partial charge is 0.422 e. The highest BCUT2D eigenvalue weighted by molar-refractivity contribution is 6.39. The van der Waals surface area contributed by atoms with Gasteiger partial charge in [-0.15, -0.1) is 0 Å². The highest BCUT2D eigenvalue weighted by Gasteiger charge is 2.46. The van der Waals surface area contributed by atoms with Crippen LogP contribution in [0.15, 0.2) is 72.8 Å².